The molecule has 0 nitrogen and oxygen atoms in total. The molecule has 0 radical (unpaired) electrons. The lowest BCUT2D eigenvalue weighted by atomic mass is 10.00. The van der Waals surface area contributed by atoms with Gasteiger partial charge in [0.2, 0.25) is 0 Å². The molecule has 0 spiro atoms. The minimum absolute atomic E-state index is 0.995. The largest absolute Gasteiger partial charge is 0.0840 e. The summed E-state index contributed by atoms with van der Waals surface area (Å²) >= 11 is 0. The maximum atomic E-state index is 2.26. The molecule has 4 rings (SSSR count). The molecule has 0 N–H and O–H groups in total. The number of aryl methyl sites for hydroxylation is 1. The van der Waals surface area contributed by atoms with Gasteiger partial charge in [0.15, 0.2) is 0 Å². The summed E-state index contributed by atoms with van der Waals surface area (Å²) in [5, 5.41) is 0. The van der Waals surface area contributed by atoms with Crippen LogP contribution in [-0.2, 0) is 6.42 Å². The van der Waals surface area contributed by atoms with Crippen LogP contribution in [0.15, 0.2) is 103 Å². The molecule has 27 heavy (non-hydrogen) atoms. The maximum Gasteiger partial charge on any atom is -0.00258 e. The predicted molar refractivity (Wildman–Crippen MR) is 118 cm³/mol. The Bertz CT molecular complexity index is 879. The SMILES string of the molecule is CC1=CCCC=C1.Cc1ccc(-c2ccc(Cc3ccccc3)cc2)cc1. The van der Waals surface area contributed by atoms with Gasteiger partial charge in [-0.25, -0.2) is 0 Å². The highest BCUT2D eigenvalue weighted by atomic mass is 14.0. The molecular formula is C27H28. The Morgan fingerprint density at radius 1 is 0.630 bits per heavy atom. The number of hydrogen-bond donors (Lipinski definition) is 0. The normalized spacial score (nSPS) is 12.7. The third-order valence-electron chi connectivity index (χ3n) is 4.77. The van der Waals surface area contributed by atoms with Crippen molar-refractivity contribution in [2.75, 3.05) is 0 Å². The molecular weight excluding hydrogens is 324 g/mol. The van der Waals surface area contributed by atoms with Gasteiger partial charge >= 0.3 is 0 Å². The van der Waals surface area contributed by atoms with Crippen molar-refractivity contribution in [3.8, 4) is 11.1 Å². The molecule has 0 unspecified atom stereocenters. The molecule has 0 heterocycles. The lowest BCUT2D eigenvalue weighted by Crippen LogP contribution is -1.87. The fraction of sp³-hybridized carbons (Fsp3) is 0.185. The van der Waals surface area contributed by atoms with Gasteiger partial charge in [0.25, 0.3) is 0 Å². The van der Waals surface area contributed by atoms with Crippen molar-refractivity contribution in [3.63, 3.8) is 0 Å². The Kier molecular flexibility index (Phi) is 6.82. The van der Waals surface area contributed by atoms with Crippen LogP contribution in [0.2, 0.25) is 0 Å². The number of allylic oxidation sites excluding steroid dienone is 4. The average molecular weight is 353 g/mol. The molecule has 1 aliphatic carbocycles. The van der Waals surface area contributed by atoms with Crippen molar-refractivity contribution in [2.45, 2.75) is 33.1 Å². The Balaban J connectivity index is 0.000000253. The molecule has 0 saturated heterocycles. The first-order valence-corrected chi connectivity index (χ1v) is 9.74. The molecule has 0 atom stereocenters. The Labute approximate surface area is 163 Å². The summed E-state index contributed by atoms with van der Waals surface area (Å²) < 4.78 is 0. The van der Waals surface area contributed by atoms with E-state index in [-0.39, 0.29) is 0 Å². The standard InChI is InChI=1S/C20H18.C7H10/c1-16-7-11-19(12-8-16)20-13-9-18(10-14-20)15-17-5-3-2-4-6-17;1-7-5-3-2-4-6-7/h2-14H,15H2,1H3;3,5-6H,2,4H2,1H3. The van der Waals surface area contributed by atoms with Gasteiger partial charge in [-0.3, -0.25) is 0 Å². The van der Waals surface area contributed by atoms with E-state index < -0.39 is 0 Å². The Hall–Kier alpha value is -2.86. The second kappa shape index (κ2) is 9.73. The van der Waals surface area contributed by atoms with Gasteiger partial charge in [-0.1, -0.05) is 108 Å². The summed E-state index contributed by atoms with van der Waals surface area (Å²) in [5.41, 5.74) is 7.98. The van der Waals surface area contributed by atoms with E-state index in [1.807, 2.05) is 0 Å². The van der Waals surface area contributed by atoms with Crippen molar-refractivity contribution < 1.29 is 0 Å². The minimum atomic E-state index is 0.995. The molecule has 0 aromatic heterocycles. The van der Waals surface area contributed by atoms with Gasteiger partial charge in [-0.05, 0) is 55.4 Å². The van der Waals surface area contributed by atoms with Crippen LogP contribution in [0.25, 0.3) is 11.1 Å². The lowest BCUT2D eigenvalue weighted by Gasteiger charge is -2.05. The Morgan fingerprint density at radius 2 is 1.22 bits per heavy atom. The van der Waals surface area contributed by atoms with Gasteiger partial charge < -0.3 is 0 Å². The summed E-state index contributed by atoms with van der Waals surface area (Å²) in [4.78, 5) is 0. The van der Waals surface area contributed by atoms with E-state index in [9.17, 15) is 0 Å². The summed E-state index contributed by atoms with van der Waals surface area (Å²) in [5.74, 6) is 0. The predicted octanol–water partition coefficient (Wildman–Crippen LogP) is 7.54. The van der Waals surface area contributed by atoms with Crippen LogP contribution in [0.4, 0.5) is 0 Å². The summed E-state index contributed by atoms with van der Waals surface area (Å²) in [7, 11) is 0. The van der Waals surface area contributed by atoms with E-state index in [2.05, 4.69) is 111 Å². The molecule has 3 aromatic rings. The van der Waals surface area contributed by atoms with E-state index in [0.717, 1.165) is 6.42 Å². The highest BCUT2D eigenvalue weighted by Crippen LogP contribution is 2.21. The third-order valence-corrected chi connectivity index (χ3v) is 4.77. The van der Waals surface area contributed by atoms with Crippen LogP contribution in [-0.4, -0.2) is 0 Å². The number of hydrogen-bond acceptors (Lipinski definition) is 0. The van der Waals surface area contributed by atoms with Crippen LogP contribution in [0.5, 0.6) is 0 Å². The highest BCUT2D eigenvalue weighted by Gasteiger charge is 1.99. The van der Waals surface area contributed by atoms with Crippen LogP contribution < -0.4 is 0 Å². The van der Waals surface area contributed by atoms with Crippen LogP contribution >= 0.6 is 0 Å². The molecule has 3 aromatic carbocycles. The zero-order chi connectivity index (χ0) is 18.9. The molecule has 0 saturated carbocycles. The van der Waals surface area contributed by atoms with E-state index in [1.54, 1.807) is 0 Å². The topological polar surface area (TPSA) is 0 Å². The van der Waals surface area contributed by atoms with Crippen molar-refractivity contribution >= 4 is 0 Å². The fourth-order valence-corrected chi connectivity index (χ4v) is 3.14. The number of benzene rings is 3. The molecule has 0 bridgehead atoms. The first kappa shape index (κ1) is 18.9. The van der Waals surface area contributed by atoms with Crippen molar-refractivity contribution in [1.29, 1.82) is 0 Å². The zero-order valence-electron chi connectivity index (χ0n) is 16.4. The van der Waals surface area contributed by atoms with Gasteiger partial charge in [-0.15, -0.1) is 0 Å². The minimum Gasteiger partial charge on any atom is -0.0840 e. The lowest BCUT2D eigenvalue weighted by molar-refractivity contribution is 1.02. The average Bonchev–Trinajstić information content (AvgIpc) is 2.71. The van der Waals surface area contributed by atoms with Gasteiger partial charge in [0.05, 0.1) is 0 Å². The van der Waals surface area contributed by atoms with Crippen LogP contribution in [0.1, 0.15) is 36.5 Å². The summed E-state index contributed by atoms with van der Waals surface area (Å²) in [6.07, 6.45) is 10.1. The second-order valence-corrected chi connectivity index (χ2v) is 7.15. The van der Waals surface area contributed by atoms with E-state index in [4.69, 9.17) is 0 Å². The van der Waals surface area contributed by atoms with Gasteiger partial charge in [-0.2, -0.15) is 0 Å². The van der Waals surface area contributed by atoms with Crippen molar-refractivity contribution in [1.82, 2.24) is 0 Å². The smallest absolute Gasteiger partial charge is 0.00258 e. The maximum absolute atomic E-state index is 2.26. The van der Waals surface area contributed by atoms with Gasteiger partial charge in [0.1, 0.15) is 0 Å². The molecule has 0 heteroatoms. The van der Waals surface area contributed by atoms with E-state index in [1.165, 1.54) is 46.2 Å². The first-order chi connectivity index (χ1) is 13.2. The van der Waals surface area contributed by atoms with Crippen LogP contribution in [0, 0.1) is 6.92 Å². The second-order valence-electron chi connectivity index (χ2n) is 7.15. The third kappa shape index (κ3) is 6.11. The molecule has 0 amide bonds. The zero-order valence-corrected chi connectivity index (χ0v) is 16.4. The van der Waals surface area contributed by atoms with Crippen LogP contribution in [0.3, 0.4) is 0 Å². The quantitative estimate of drug-likeness (QED) is 0.457. The highest BCUT2D eigenvalue weighted by molar-refractivity contribution is 5.64. The Morgan fingerprint density at radius 3 is 1.74 bits per heavy atom. The van der Waals surface area contributed by atoms with Crippen molar-refractivity contribution in [2.24, 2.45) is 0 Å². The van der Waals surface area contributed by atoms with Gasteiger partial charge in [0, 0.05) is 0 Å². The number of rotatable bonds is 3. The van der Waals surface area contributed by atoms with E-state index >= 15 is 0 Å². The molecule has 136 valence electrons. The summed E-state index contributed by atoms with van der Waals surface area (Å²) in [6, 6.07) is 28.2. The molecule has 0 aliphatic heterocycles. The molecule has 0 fully saturated rings. The molecule has 1 aliphatic rings. The summed E-state index contributed by atoms with van der Waals surface area (Å²) in [6.45, 7) is 4.25. The first-order valence-electron chi connectivity index (χ1n) is 9.74. The van der Waals surface area contributed by atoms with E-state index in [0.29, 0.717) is 0 Å². The van der Waals surface area contributed by atoms with Crippen molar-refractivity contribution in [3.05, 3.63) is 119 Å². The monoisotopic (exact) mass is 352 g/mol. The fourth-order valence-electron chi connectivity index (χ4n) is 3.14.